The summed E-state index contributed by atoms with van der Waals surface area (Å²) < 4.78 is 34.1. The molecule has 2 aromatic heterocycles. The third kappa shape index (κ3) is 4.19. The molecule has 0 aliphatic rings. The first kappa shape index (κ1) is 17.0. The molecule has 7 heteroatoms. The fraction of sp³-hybridized carbons (Fsp3) is 0.167. The molecule has 0 radical (unpaired) electrons. The molecule has 3 aromatic rings. The Labute approximate surface area is 145 Å². The number of carbonyl (C=O) groups excluding carboxylic acids is 1. The van der Waals surface area contributed by atoms with E-state index < -0.39 is 9.84 Å². The number of amides is 1. The van der Waals surface area contributed by atoms with Crippen molar-refractivity contribution in [2.24, 2.45) is 0 Å². The number of rotatable bonds is 6. The maximum atomic E-state index is 12.9. The lowest BCUT2D eigenvalue weighted by molar-refractivity contribution is 0.0704. The standard InChI is InChI=1S/C18H17NO5S/c1-25(21,22)17-8-2-5-14(11-17)18(20)19(12-15-6-3-9-23-15)13-16-7-4-10-24-16/h2-11H,12-13H2,1H3. The Hall–Kier alpha value is -2.80. The number of furan rings is 2. The quantitative estimate of drug-likeness (QED) is 0.675. The number of nitrogens with zero attached hydrogens (tertiary/aromatic N) is 1. The summed E-state index contributed by atoms with van der Waals surface area (Å²) in [5.74, 6) is 0.941. The number of benzene rings is 1. The van der Waals surface area contributed by atoms with Gasteiger partial charge in [0.2, 0.25) is 0 Å². The second-order valence-corrected chi connectivity index (χ2v) is 7.64. The number of hydrogen-bond donors (Lipinski definition) is 0. The molecule has 2 heterocycles. The summed E-state index contributed by atoms with van der Waals surface area (Å²) in [6, 6.07) is 13.0. The largest absolute Gasteiger partial charge is 0.467 e. The Morgan fingerprint density at radius 2 is 1.56 bits per heavy atom. The molecule has 0 bridgehead atoms. The molecule has 0 N–H and O–H groups in total. The van der Waals surface area contributed by atoms with Crippen molar-refractivity contribution in [2.45, 2.75) is 18.0 Å². The normalized spacial score (nSPS) is 11.4. The van der Waals surface area contributed by atoms with E-state index in [1.807, 2.05) is 0 Å². The van der Waals surface area contributed by atoms with E-state index in [1.165, 1.54) is 24.7 Å². The lowest BCUT2D eigenvalue weighted by Gasteiger charge is -2.21. The van der Waals surface area contributed by atoms with E-state index in [0.29, 0.717) is 17.1 Å². The summed E-state index contributed by atoms with van der Waals surface area (Å²) in [5.41, 5.74) is 0.293. The Balaban J connectivity index is 1.90. The summed E-state index contributed by atoms with van der Waals surface area (Å²) in [5, 5.41) is 0. The van der Waals surface area contributed by atoms with E-state index in [2.05, 4.69) is 0 Å². The molecule has 0 unspecified atom stereocenters. The number of carbonyl (C=O) groups is 1. The summed E-state index contributed by atoms with van der Waals surface area (Å²) >= 11 is 0. The summed E-state index contributed by atoms with van der Waals surface area (Å²) in [6.45, 7) is 0.491. The molecule has 0 fully saturated rings. The van der Waals surface area contributed by atoms with Gasteiger partial charge in [-0.3, -0.25) is 4.79 Å². The van der Waals surface area contributed by atoms with E-state index in [9.17, 15) is 13.2 Å². The predicted octanol–water partition coefficient (Wildman–Crippen LogP) is 3.12. The highest BCUT2D eigenvalue weighted by Gasteiger charge is 2.20. The van der Waals surface area contributed by atoms with Crippen LogP contribution in [0.3, 0.4) is 0 Å². The molecule has 1 amide bonds. The van der Waals surface area contributed by atoms with Gasteiger partial charge in [-0.1, -0.05) is 6.07 Å². The zero-order valence-corrected chi connectivity index (χ0v) is 14.4. The van der Waals surface area contributed by atoms with Crippen LogP contribution in [0.5, 0.6) is 0 Å². The highest BCUT2D eigenvalue weighted by Crippen LogP contribution is 2.17. The van der Waals surface area contributed by atoms with Crippen molar-refractivity contribution in [1.82, 2.24) is 4.90 Å². The Morgan fingerprint density at radius 3 is 2.04 bits per heavy atom. The van der Waals surface area contributed by atoms with Gasteiger partial charge in [0.15, 0.2) is 9.84 Å². The van der Waals surface area contributed by atoms with Crippen LogP contribution < -0.4 is 0 Å². The fourth-order valence-corrected chi connectivity index (χ4v) is 3.09. The van der Waals surface area contributed by atoms with Crippen LogP contribution in [0, 0.1) is 0 Å². The predicted molar refractivity (Wildman–Crippen MR) is 90.5 cm³/mol. The SMILES string of the molecule is CS(=O)(=O)c1cccc(C(=O)N(Cc2ccco2)Cc2ccco2)c1. The number of sulfone groups is 1. The molecule has 0 atom stereocenters. The van der Waals surface area contributed by atoms with Crippen molar-refractivity contribution in [1.29, 1.82) is 0 Å². The summed E-state index contributed by atoms with van der Waals surface area (Å²) in [4.78, 5) is 14.6. The van der Waals surface area contributed by atoms with Gasteiger partial charge >= 0.3 is 0 Å². The summed E-state index contributed by atoms with van der Waals surface area (Å²) in [7, 11) is -3.39. The van der Waals surface area contributed by atoms with Gasteiger partial charge in [-0.25, -0.2) is 8.42 Å². The molecule has 0 spiro atoms. The van der Waals surface area contributed by atoms with Crippen molar-refractivity contribution in [3.05, 3.63) is 78.1 Å². The molecular weight excluding hydrogens is 342 g/mol. The smallest absolute Gasteiger partial charge is 0.254 e. The second-order valence-electron chi connectivity index (χ2n) is 5.62. The van der Waals surface area contributed by atoms with E-state index in [0.717, 1.165) is 6.26 Å². The molecule has 6 nitrogen and oxygen atoms in total. The zero-order chi connectivity index (χ0) is 17.9. The lowest BCUT2D eigenvalue weighted by atomic mass is 10.2. The lowest BCUT2D eigenvalue weighted by Crippen LogP contribution is -2.30. The molecule has 0 aliphatic carbocycles. The highest BCUT2D eigenvalue weighted by atomic mass is 32.2. The van der Waals surface area contributed by atoms with Crippen LogP contribution in [0.2, 0.25) is 0 Å². The molecule has 0 saturated carbocycles. The van der Waals surface area contributed by atoms with E-state index in [-0.39, 0.29) is 23.9 Å². The van der Waals surface area contributed by atoms with Gasteiger partial charge in [0, 0.05) is 11.8 Å². The van der Waals surface area contributed by atoms with Crippen molar-refractivity contribution < 1.29 is 22.0 Å². The van der Waals surface area contributed by atoms with Crippen LogP contribution in [0.4, 0.5) is 0 Å². The highest BCUT2D eigenvalue weighted by molar-refractivity contribution is 7.90. The Kier molecular flexibility index (Phi) is 4.76. The average Bonchev–Trinajstić information content (AvgIpc) is 3.27. The van der Waals surface area contributed by atoms with Crippen LogP contribution in [0.25, 0.3) is 0 Å². The molecule has 25 heavy (non-hydrogen) atoms. The van der Waals surface area contributed by atoms with E-state index >= 15 is 0 Å². The van der Waals surface area contributed by atoms with Gasteiger partial charge in [0.05, 0.1) is 30.5 Å². The van der Waals surface area contributed by atoms with Crippen molar-refractivity contribution >= 4 is 15.7 Å². The van der Waals surface area contributed by atoms with Crippen molar-refractivity contribution in [3.8, 4) is 0 Å². The monoisotopic (exact) mass is 359 g/mol. The van der Waals surface area contributed by atoms with Crippen LogP contribution in [0.1, 0.15) is 21.9 Å². The average molecular weight is 359 g/mol. The van der Waals surface area contributed by atoms with E-state index in [4.69, 9.17) is 8.83 Å². The van der Waals surface area contributed by atoms with Crippen molar-refractivity contribution in [2.75, 3.05) is 6.26 Å². The molecular formula is C18H17NO5S. The van der Waals surface area contributed by atoms with Gasteiger partial charge in [0.1, 0.15) is 11.5 Å². The third-order valence-electron chi connectivity index (χ3n) is 3.65. The van der Waals surface area contributed by atoms with Gasteiger partial charge in [-0.05, 0) is 42.5 Å². The van der Waals surface area contributed by atoms with E-state index in [1.54, 1.807) is 41.3 Å². The minimum atomic E-state index is -3.39. The summed E-state index contributed by atoms with van der Waals surface area (Å²) in [6.07, 6.45) is 4.18. The third-order valence-corrected chi connectivity index (χ3v) is 4.76. The molecule has 1 aromatic carbocycles. The second kappa shape index (κ2) is 6.98. The molecule has 3 rings (SSSR count). The molecule has 130 valence electrons. The van der Waals surface area contributed by atoms with Crippen LogP contribution in [0.15, 0.2) is 74.8 Å². The topological polar surface area (TPSA) is 80.7 Å². The Morgan fingerprint density at radius 1 is 0.960 bits per heavy atom. The first-order chi connectivity index (χ1) is 11.9. The van der Waals surface area contributed by atoms with Gasteiger partial charge in [-0.15, -0.1) is 0 Å². The van der Waals surface area contributed by atoms with Crippen molar-refractivity contribution in [3.63, 3.8) is 0 Å². The van der Waals surface area contributed by atoms with Crippen LogP contribution in [-0.2, 0) is 22.9 Å². The van der Waals surface area contributed by atoms with Crippen LogP contribution in [-0.4, -0.2) is 25.5 Å². The molecule has 0 saturated heterocycles. The minimum absolute atomic E-state index is 0.106. The van der Waals surface area contributed by atoms with Gasteiger partial charge in [-0.2, -0.15) is 0 Å². The fourth-order valence-electron chi connectivity index (χ4n) is 2.42. The number of hydrogen-bond acceptors (Lipinski definition) is 5. The zero-order valence-electron chi connectivity index (χ0n) is 13.6. The maximum Gasteiger partial charge on any atom is 0.254 e. The first-order valence-electron chi connectivity index (χ1n) is 7.57. The van der Waals surface area contributed by atoms with Crippen LogP contribution >= 0.6 is 0 Å². The van der Waals surface area contributed by atoms with Gasteiger partial charge < -0.3 is 13.7 Å². The van der Waals surface area contributed by atoms with Gasteiger partial charge in [0.25, 0.3) is 5.91 Å². The maximum absolute atomic E-state index is 12.9. The Bertz CT molecular complexity index is 907. The minimum Gasteiger partial charge on any atom is -0.467 e. The molecule has 0 aliphatic heterocycles. The first-order valence-corrected chi connectivity index (χ1v) is 9.47.